The lowest BCUT2D eigenvalue weighted by molar-refractivity contribution is 0.0963. The van der Waals surface area contributed by atoms with Gasteiger partial charge in [-0.05, 0) is 26.2 Å². The molecule has 0 radical (unpaired) electrons. The van der Waals surface area contributed by atoms with Crippen molar-refractivity contribution in [2.24, 2.45) is 0 Å². The number of benzene rings is 1. The average Bonchev–Trinajstić information content (AvgIpc) is 2.19. The van der Waals surface area contributed by atoms with Crippen LogP contribution in [-0.4, -0.2) is 27.1 Å². The van der Waals surface area contributed by atoms with Gasteiger partial charge in [0.05, 0.1) is 0 Å². The van der Waals surface area contributed by atoms with Gasteiger partial charge in [-0.3, -0.25) is 4.79 Å². The van der Waals surface area contributed by atoms with Gasteiger partial charge >= 0.3 is 0 Å². The molecule has 1 amide bonds. The molecule has 72 valence electrons. The summed E-state index contributed by atoms with van der Waals surface area (Å²) in [5, 5.41) is 5.29. The molecule has 0 aliphatic heterocycles. The van der Waals surface area contributed by atoms with Crippen molar-refractivity contribution in [2.45, 2.75) is 0 Å². The molecule has 0 atom stereocenters. The highest BCUT2D eigenvalue weighted by atomic mass is 16.1. The first-order valence-electron chi connectivity index (χ1n) is 4.11. The van der Waals surface area contributed by atoms with Gasteiger partial charge in [-0.25, -0.2) is 0 Å². The van der Waals surface area contributed by atoms with Gasteiger partial charge in [0.2, 0.25) is 0 Å². The van der Waals surface area contributed by atoms with Crippen molar-refractivity contribution in [1.82, 2.24) is 10.6 Å². The van der Waals surface area contributed by atoms with E-state index in [0.717, 1.165) is 0 Å². The minimum absolute atomic E-state index is 0.0411. The smallest absolute Gasteiger partial charge is 0.251 e. The average molecular weight is 180 g/mol. The van der Waals surface area contributed by atoms with Crippen molar-refractivity contribution in [2.75, 3.05) is 21.1 Å². The summed E-state index contributed by atoms with van der Waals surface area (Å²) in [6.07, 6.45) is 0. The number of carbonyl (C=O) groups is 1. The Morgan fingerprint density at radius 2 is 1.54 bits per heavy atom. The summed E-state index contributed by atoms with van der Waals surface area (Å²) in [6, 6.07) is 9.11. The Balaban J connectivity index is 0.000000424. The molecule has 0 bridgehead atoms. The molecule has 0 heterocycles. The van der Waals surface area contributed by atoms with Crippen LogP contribution in [0.2, 0.25) is 0 Å². The summed E-state index contributed by atoms with van der Waals surface area (Å²) < 4.78 is 0. The maximum absolute atomic E-state index is 10.9. The molecule has 1 aromatic rings. The molecule has 3 heteroatoms. The lowest BCUT2D eigenvalue weighted by atomic mass is 10.2. The minimum Gasteiger partial charge on any atom is -0.355 e. The van der Waals surface area contributed by atoms with Crippen molar-refractivity contribution in [3.8, 4) is 0 Å². The molecule has 0 spiro atoms. The van der Waals surface area contributed by atoms with Crippen LogP contribution in [0, 0.1) is 0 Å². The normalized spacial score (nSPS) is 8.23. The Morgan fingerprint density at radius 1 is 1.08 bits per heavy atom. The third kappa shape index (κ3) is 4.98. The van der Waals surface area contributed by atoms with E-state index in [0.29, 0.717) is 5.56 Å². The van der Waals surface area contributed by atoms with Crippen LogP contribution in [0.5, 0.6) is 0 Å². The van der Waals surface area contributed by atoms with Gasteiger partial charge in [-0.1, -0.05) is 18.2 Å². The van der Waals surface area contributed by atoms with Gasteiger partial charge in [0, 0.05) is 12.6 Å². The van der Waals surface area contributed by atoms with Crippen LogP contribution in [0.4, 0.5) is 0 Å². The predicted molar refractivity (Wildman–Crippen MR) is 54.8 cm³/mol. The SMILES string of the molecule is CNC.CNC(=O)c1ccccc1. The first-order valence-corrected chi connectivity index (χ1v) is 4.11. The van der Waals surface area contributed by atoms with Crippen molar-refractivity contribution in [3.05, 3.63) is 35.9 Å². The van der Waals surface area contributed by atoms with Gasteiger partial charge in [-0.15, -0.1) is 0 Å². The largest absolute Gasteiger partial charge is 0.355 e. The van der Waals surface area contributed by atoms with Crippen molar-refractivity contribution in [3.63, 3.8) is 0 Å². The molecule has 2 N–H and O–H groups in total. The zero-order chi connectivity index (χ0) is 10.1. The fraction of sp³-hybridized carbons (Fsp3) is 0.300. The highest BCUT2D eigenvalue weighted by molar-refractivity contribution is 5.93. The summed E-state index contributed by atoms with van der Waals surface area (Å²) in [6.45, 7) is 0. The van der Waals surface area contributed by atoms with Gasteiger partial charge in [-0.2, -0.15) is 0 Å². The molecule has 3 nitrogen and oxygen atoms in total. The topological polar surface area (TPSA) is 41.1 Å². The Kier molecular flexibility index (Phi) is 6.55. The predicted octanol–water partition coefficient (Wildman–Crippen LogP) is 0.882. The van der Waals surface area contributed by atoms with Crippen LogP contribution in [0.3, 0.4) is 0 Å². The summed E-state index contributed by atoms with van der Waals surface area (Å²) in [5.41, 5.74) is 0.699. The fourth-order valence-corrected chi connectivity index (χ4v) is 0.734. The standard InChI is InChI=1S/C8H9NO.C2H7N/c1-9-8(10)7-5-3-2-4-6-7;1-3-2/h2-6H,1H3,(H,9,10);3H,1-2H3. The first kappa shape index (κ1) is 11.6. The molecular weight excluding hydrogens is 164 g/mol. The molecule has 1 rings (SSSR count). The van der Waals surface area contributed by atoms with Crippen LogP contribution in [0.25, 0.3) is 0 Å². The number of carbonyl (C=O) groups excluding carboxylic acids is 1. The zero-order valence-corrected chi connectivity index (χ0v) is 8.29. The second kappa shape index (κ2) is 7.31. The highest BCUT2D eigenvalue weighted by Crippen LogP contribution is 1.96. The van der Waals surface area contributed by atoms with Gasteiger partial charge < -0.3 is 10.6 Å². The van der Waals surface area contributed by atoms with E-state index in [1.54, 1.807) is 19.2 Å². The summed E-state index contributed by atoms with van der Waals surface area (Å²) >= 11 is 0. The number of hydrogen-bond donors (Lipinski definition) is 2. The lowest BCUT2D eigenvalue weighted by Crippen LogP contribution is -2.17. The van der Waals surface area contributed by atoms with Crippen LogP contribution in [0.1, 0.15) is 10.4 Å². The van der Waals surface area contributed by atoms with Crippen LogP contribution in [-0.2, 0) is 0 Å². The monoisotopic (exact) mass is 180 g/mol. The quantitative estimate of drug-likeness (QED) is 0.673. The second-order valence-electron chi connectivity index (χ2n) is 2.45. The third-order valence-electron chi connectivity index (χ3n) is 1.26. The van der Waals surface area contributed by atoms with E-state index in [9.17, 15) is 4.79 Å². The Morgan fingerprint density at radius 3 is 1.92 bits per heavy atom. The molecule has 0 aliphatic rings. The summed E-state index contributed by atoms with van der Waals surface area (Å²) in [5.74, 6) is -0.0411. The van der Waals surface area contributed by atoms with Crippen molar-refractivity contribution < 1.29 is 4.79 Å². The molecule has 0 fully saturated rings. The Labute approximate surface area is 79.2 Å². The van der Waals surface area contributed by atoms with Crippen LogP contribution >= 0.6 is 0 Å². The molecule has 13 heavy (non-hydrogen) atoms. The number of rotatable bonds is 1. The Bertz CT molecular complexity index is 234. The number of hydrogen-bond acceptors (Lipinski definition) is 2. The van der Waals surface area contributed by atoms with Crippen LogP contribution in [0.15, 0.2) is 30.3 Å². The maximum Gasteiger partial charge on any atom is 0.251 e. The first-order chi connectivity index (χ1) is 6.26. The van der Waals surface area contributed by atoms with Gasteiger partial charge in [0.1, 0.15) is 0 Å². The molecule has 0 saturated carbocycles. The van der Waals surface area contributed by atoms with E-state index < -0.39 is 0 Å². The van der Waals surface area contributed by atoms with Crippen LogP contribution < -0.4 is 10.6 Å². The minimum atomic E-state index is -0.0411. The molecule has 0 aromatic heterocycles. The van der Waals surface area contributed by atoms with Crippen molar-refractivity contribution >= 4 is 5.91 Å². The number of nitrogens with one attached hydrogen (secondary N) is 2. The van der Waals surface area contributed by atoms with Gasteiger partial charge in [0.25, 0.3) is 5.91 Å². The zero-order valence-electron chi connectivity index (χ0n) is 8.29. The maximum atomic E-state index is 10.9. The van der Waals surface area contributed by atoms with E-state index in [1.807, 2.05) is 32.3 Å². The number of amides is 1. The molecule has 1 aromatic carbocycles. The lowest BCUT2D eigenvalue weighted by Gasteiger charge is -1.96. The second-order valence-corrected chi connectivity index (χ2v) is 2.45. The molecule has 0 saturated heterocycles. The van der Waals surface area contributed by atoms with E-state index in [-0.39, 0.29) is 5.91 Å². The van der Waals surface area contributed by atoms with E-state index in [2.05, 4.69) is 10.6 Å². The van der Waals surface area contributed by atoms with E-state index in [4.69, 9.17) is 0 Å². The van der Waals surface area contributed by atoms with E-state index >= 15 is 0 Å². The van der Waals surface area contributed by atoms with Gasteiger partial charge in [0.15, 0.2) is 0 Å². The molecule has 0 unspecified atom stereocenters. The Hall–Kier alpha value is -1.35. The third-order valence-corrected chi connectivity index (χ3v) is 1.26. The summed E-state index contributed by atoms with van der Waals surface area (Å²) in [4.78, 5) is 10.9. The van der Waals surface area contributed by atoms with E-state index in [1.165, 1.54) is 0 Å². The van der Waals surface area contributed by atoms with Crippen molar-refractivity contribution in [1.29, 1.82) is 0 Å². The summed E-state index contributed by atoms with van der Waals surface area (Å²) in [7, 11) is 5.37. The molecular formula is C10H16N2O. The fourth-order valence-electron chi connectivity index (χ4n) is 0.734. The molecule has 0 aliphatic carbocycles. The highest BCUT2D eigenvalue weighted by Gasteiger charge is 1.97.